The summed E-state index contributed by atoms with van der Waals surface area (Å²) < 4.78 is 69.8. The minimum Gasteiger partial charge on any atom is -0.206 e. The molecule has 0 aliphatic heterocycles. The van der Waals surface area contributed by atoms with Crippen LogP contribution in [0, 0.1) is 52.8 Å². The Hall–Kier alpha value is -0.350. The smallest absolute Gasteiger partial charge is 0.206 e. The molecule has 4 saturated carbocycles. The van der Waals surface area contributed by atoms with Crippen LogP contribution >= 0.6 is 0 Å². The number of hydrogen-bond acceptors (Lipinski definition) is 0. The summed E-state index contributed by atoms with van der Waals surface area (Å²) >= 11 is 0. The van der Waals surface area contributed by atoms with Gasteiger partial charge in [0, 0.05) is 5.92 Å². The Morgan fingerprint density at radius 3 is 1.81 bits per heavy atom. The highest BCUT2D eigenvalue weighted by molar-refractivity contribution is 5.23. The minimum absolute atomic E-state index is 0.0742. The van der Waals surface area contributed by atoms with Gasteiger partial charge in [0.05, 0.1) is 0 Å². The fraction of sp³-hybridized carbons (Fsp3) is 1.00. The molecule has 21 heavy (non-hydrogen) atoms. The Balaban J connectivity index is 1.80. The normalized spacial score (nSPS) is 60.6. The number of halogens is 5. The van der Waals surface area contributed by atoms with Gasteiger partial charge in [0.25, 0.3) is 5.92 Å². The molecule has 0 aromatic heterocycles. The summed E-state index contributed by atoms with van der Waals surface area (Å²) in [6.45, 7) is 4.98. The van der Waals surface area contributed by atoms with E-state index in [4.69, 9.17) is 0 Å². The third kappa shape index (κ3) is 1.26. The predicted molar refractivity (Wildman–Crippen MR) is 67.6 cm³/mol. The van der Waals surface area contributed by atoms with Crippen LogP contribution in [0.2, 0.25) is 0 Å². The van der Waals surface area contributed by atoms with Crippen LogP contribution in [0.3, 0.4) is 0 Å². The largest absolute Gasteiger partial charge is 0.400 e. The van der Waals surface area contributed by atoms with Crippen LogP contribution in [0.15, 0.2) is 0 Å². The third-order valence-electron chi connectivity index (χ3n) is 8.08. The predicted octanol–water partition coefficient (Wildman–Crippen LogP) is 4.99. The fourth-order valence-electron chi connectivity index (χ4n) is 6.87. The van der Waals surface area contributed by atoms with E-state index in [0.29, 0.717) is 11.8 Å². The number of rotatable bonds is 0. The summed E-state index contributed by atoms with van der Waals surface area (Å²) in [7, 11) is 0. The fourth-order valence-corrected chi connectivity index (χ4v) is 6.87. The number of alkyl halides is 5. The Kier molecular flexibility index (Phi) is 2.44. The van der Waals surface area contributed by atoms with Gasteiger partial charge >= 0.3 is 6.18 Å². The average molecular weight is 308 g/mol. The minimum atomic E-state index is -4.82. The van der Waals surface area contributed by atoms with E-state index in [1.54, 1.807) is 0 Å². The molecule has 120 valence electrons. The molecule has 0 amide bonds. The van der Waals surface area contributed by atoms with Crippen LogP contribution in [0.4, 0.5) is 22.0 Å². The molecule has 4 bridgehead atoms. The summed E-state index contributed by atoms with van der Waals surface area (Å²) in [5, 5.41) is 0. The van der Waals surface area contributed by atoms with Crippen LogP contribution in [-0.4, -0.2) is 12.1 Å². The van der Waals surface area contributed by atoms with Crippen molar-refractivity contribution in [3.05, 3.63) is 0 Å². The van der Waals surface area contributed by atoms with Gasteiger partial charge in [-0.1, -0.05) is 13.8 Å². The first kappa shape index (κ1) is 14.3. The van der Waals surface area contributed by atoms with Gasteiger partial charge < -0.3 is 0 Å². The Morgan fingerprint density at radius 2 is 1.33 bits per heavy atom. The SMILES string of the molecule is CC1C(C)C2CC1C1C2C2CC1C(F)(F)C2(C)C(F)(F)F. The maximum absolute atomic E-state index is 14.7. The zero-order valence-corrected chi connectivity index (χ0v) is 12.4. The molecule has 0 aromatic carbocycles. The first-order valence-electron chi connectivity index (χ1n) is 7.98. The molecule has 5 heteroatoms. The van der Waals surface area contributed by atoms with E-state index < -0.39 is 29.3 Å². The van der Waals surface area contributed by atoms with E-state index in [1.807, 2.05) is 0 Å². The van der Waals surface area contributed by atoms with Crippen LogP contribution in [-0.2, 0) is 0 Å². The van der Waals surface area contributed by atoms with Gasteiger partial charge in [0.1, 0.15) is 5.41 Å². The molecular formula is C16H21F5. The van der Waals surface area contributed by atoms with Gasteiger partial charge in [-0.3, -0.25) is 0 Å². The van der Waals surface area contributed by atoms with E-state index in [-0.39, 0.29) is 30.1 Å². The van der Waals surface area contributed by atoms with Gasteiger partial charge in [0.15, 0.2) is 0 Å². The van der Waals surface area contributed by atoms with Crippen molar-refractivity contribution < 1.29 is 22.0 Å². The lowest BCUT2D eigenvalue weighted by molar-refractivity contribution is -0.325. The van der Waals surface area contributed by atoms with Gasteiger partial charge in [-0.25, -0.2) is 8.78 Å². The van der Waals surface area contributed by atoms with Gasteiger partial charge in [-0.2, -0.15) is 13.2 Å². The molecule has 0 saturated heterocycles. The molecule has 4 aliphatic carbocycles. The molecule has 0 heterocycles. The van der Waals surface area contributed by atoms with Crippen molar-refractivity contribution in [3.63, 3.8) is 0 Å². The quantitative estimate of drug-likeness (QED) is 0.436. The van der Waals surface area contributed by atoms with Crippen molar-refractivity contribution in [2.75, 3.05) is 0 Å². The monoisotopic (exact) mass is 308 g/mol. The van der Waals surface area contributed by atoms with Crippen LogP contribution in [0.1, 0.15) is 33.6 Å². The van der Waals surface area contributed by atoms with E-state index in [2.05, 4.69) is 13.8 Å². The second-order valence-electron chi connectivity index (χ2n) is 8.21. The van der Waals surface area contributed by atoms with Crippen LogP contribution in [0.5, 0.6) is 0 Å². The van der Waals surface area contributed by atoms with Crippen molar-refractivity contribution in [1.29, 1.82) is 0 Å². The molecular weight excluding hydrogens is 287 g/mol. The second kappa shape index (κ2) is 3.59. The molecule has 9 unspecified atom stereocenters. The summed E-state index contributed by atoms with van der Waals surface area (Å²) in [4.78, 5) is 0. The number of hydrogen-bond donors (Lipinski definition) is 0. The molecule has 4 fully saturated rings. The lowest BCUT2D eigenvalue weighted by atomic mass is 9.56. The lowest BCUT2D eigenvalue weighted by Gasteiger charge is -2.51. The molecule has 0 spiro atoms. The number of fused-ring (bicyclic) bond motifs is 9. The molecule has 4 rings (SSSR count). The summed E-state index contributed by atoms with van der Waals surface area (Å²) in [5.41, 5.74) is -2.82. The van der Waals surface area contributed by atoms with Crippen LogP contribution < -0.4 is 0 Å². The van der Waals surface area contributed by atoms with Gasteiger partial charge in [-0.15, -0.1) is 0 Å². The first-order valence-corrected chi connectivity index (χ1v) is 7.98. The van der Waals surface area contributed by atoms with Crippen LogP contribution in [0.25, 0.3) is 0 Å². The zero-order valence-electron chi connectivity index (χ0n) is 12.4. The summed E-state index contributed by atoms with van der Waals surface area (Å²) in [6, 6.07) is 0. The average Bonchev–Trinajstić information content (AvgIpc) is 3.01. The zero-order chi connectivity index (χ0) is 15.5. The van der Waals surface area contributed by atoms with Gasteiger partial charge in [0.2, 0.25) is 0 Å². The van der Waals surface area contributed by atoms with Crippen molar-refractivity contribution >= 4 is 0 Å². The summed E-state index contributed by atoms with van der Waals surface area (Å²) in [5.74, 6) is -4.64. The Labute approximate surface area is 121 Å². The van der Waals surface area contributed by atoms with Crippen molar-refractivity contribution in [1.82, 2.24) is 0 Å². The Morgan fingerprint density at radius 1 is 0.857 bits per heavy atom. The molecule has 0 aromatic rings. The molecule has 0 nitrogen and oxygen atoms in total. The topological polar surface area (TPSA) is 0 Å². The summed E-state index contributed by atoms with van der Waals surface area (Å²) in [6.07, 6.45) is -3.88. The van der Waals surface area contributed by atoms with Gasteiger partial charge in [-0.05, 0) is 61.2 Å². The highest BCUT2D eigenvalue weighted by atomic mass is 19.4. The van der Waals surface area contributed by atoms with E-state index in [9.17, 15) is 22.0 Å². The molecule has 0 radical (unpaired) electrons. The highest BCUT2D eigenvalue weighted by Gasteiger charge is 2.84. The lowest BCUT2D eigenvalue weighted by Crippen LogP contribution is -2.59. The maximum Gasteiger partial charge on any atom is 0.400 e. The highest BCUT2D eigenvalue weighted by Crippen LogP contribution is 2.79. The van der Waals surface area contributed by atoms with E-state index in [1.165, 1.54) is 0 Å². The molecule has 4 aliphatic rings. The van der Waals surface area contributed by atoms with Crippen molar-refractivity contribution in [2.45, 2.75) is 45.7 Å². The molecule has 9 atom stereocenters. The first-order chi connectivity index (χ1) is 9.53. The van der Waals surface area contributed by atoms with E-state index >= 15 is 0 Å². The third-order valence-corrected chi connectivity index (χ3v) is 8.08. The second-order valence-corrected chi connectivity index (χ2v) is 8.21. The molecule has 0 N–H and O–H groups in total. The standard InChI is InChI=1S/C16H21F5/c1-6-7(2)9-4-8(6)12-10-5-11(13(9)12)15(17,18)14(10,3)16(19,20)21/h6-13H,4-5H2,1-3H3. The maximum atomic E-state index is 14.7. The van der Waals surface area contributed by atoms with Crippen molar-refractivity contribution in [3.8, 4) is 0 Å². The Bertz CT molecular complexity index is 484. The van der Waals surface area contributed by atoms with Crippen molar-refractivity contribution in [2.24, 2.45) is 52.8 Å². The van der Waals surface area contributed by atoms with E-state index in [0.717, 1.165) is 13.3 Å².